The third kappa shape index (κ3) is 4.86. The molecule has 1 aromatic carbocycles. The van der Waals surface area contributed by atoms with Gasteiger partial charge in [0.05, 0.1) is 0 Å². The number of hydrogen-bond acceptors (Lipinski definition) is 3. The molecule has 2 saturated heterocycles. The maximum atomic E-state index is 13.8. The maximum Gasteiger partial charge on any atom is 0.222 e. The van der Waals surface area contributed by atoms with E-state index < -0.39 is 0 Å². The van der Waals surface area contributed by atoms with E-state index in [-0.39, 0.29) is 11.9 Å². The van der Waals surface area contributed by atoms with Crippen molar-refractivity contribution < 1.29 is 13.9 Å². The van der Waals surface area contributed by atoms with Crippen molar-refractivity contribution in [2.24, 2.45) is 5.92 Å². The Kier molecular flexibility index (Phi) is 6.50. The quantitative estimate of drug-likeness (QED) is 0.756. The minimum Gasteiger partial charge on any atom is -0.487 e. The van der Waals surface area contributed by atoms with E-state index in [1.54, 1.807) is 12.1 Å². The number of carbonyl (C=O) groups excluding carboxylic acids is 1. The fourth-order valence-electron chi connectivity index (χ4n) is 5.15. The van der Waals surface area contributed by atoms with Crippen molar-refractivity contribution in [1.29, 1.82) is 0 Å². The van der Waals surface area contributed by atoms with Crippen LogP contribution in [-0.4, -0.2) is 54.0 Å². The summed E-state index contributed by atoms with van der Waals surface area (Å²) in [4.78, 5) is 17.2. The molecule has 2 aliphatic heterocycles. The van der Waals surface area contributed by atoms with E-state index in [2.05, 4.69) is 9.80 Å². The van der Waals surface area contributed by atoms with Gasteiger partial charge in [-0.1, -0.05) is 25.0 Å². The van der Waals surface area contributed by atoms with E-state index in [1.165, 1.54) is 31.7 Å². The van der Waals surface area contributed by atoms with Gasteiger partial charge in [0.1, 0.15) is 6.10 Å². The lowest BCUT2D eigenvalue weighted by Crippen LogP contribution is -2.50. The lowest BCUT2D eigenvalue weighted by molar-refractivity contribution is -0.133. The zero-order valence-electron chi connectivity index (χ0n) is 16.8. The Balaban J connectivity index is 1.19. The number of piperidine rings is 2. The van der Waals surface area contributed by atoms with Gasteiger partial charge in [-0.05, 0) is 56.6 Å². The van der Waals surface area contributed by atoms with Gasteiger partial charge in [-0.25, -0.2) is 4.39 Å². The summed E-state index contributed by atoms with van der Waals surface area (Å²) < 4.78 is 19.7. The molecule has 0 N–H and O–H groups in total. The number of para-hydroxylation sites is 1. The molecule has 5 heteroatoms. The van der Waals surface area contributed by atoms with Gasteiger partial charge in [-0.3, -0.25) is 9.69 Å². The number of benzene rings is 1. The molecule has 0 unspecified atom stereocenters. The fourth-order valence-corrected chi connectivity index (χ4v) is 5.15. The molecule has 28 heavy (non-hydrogen) atoms. The normalized spacial score (nSPS) is 23.2. The van der Waals surface area contributed by atoms with Crippen LogP contribution in [0.4, 0.5) is 4.39 Å². The van der Waals surface area contributed by atoms with Gasteiger partial charge < -0.3 is 9.64 Å². The van der Waals surface area contributed by atoms with Crippen molar-refractivity contribution in [2.75, 3.05) is 26.2 Å². The second-order valence-corrected chi connectivity index (χ2v) is 8.75. The van der Waals surface area contributed by atoms with Crippen LogP contribution < -0.4 is 4.74 Å². The van der Waals surface area contributed by atoms with E-state index in [9.17, 15) is 9.18 Å². The van der Waals surface area contributed by atoms with Crippen molar-refractivity contribution in [3.8, 4) is 5.75 Å². The van der Waals surface area contributed by atoms with Gasteiger partial charge in [-0.2, -0.15) is 0 Å². The molecule has 1 aliphatic carbocycles. The summed E-state index contributed by atoms with van der Waals surface area (Å²) >= 11 is 0. The highest BCUT2D eigenvalue weighted by Gasteiger charge is 2.31. The minimum absolute atomic E-state index is 0.0984. The number of ether oxygens (including phenoxy) is 1. The van der Waals surface area contributed by atoms with Gasteiger partial charge in [0.2, 0.25) is 5.91 Å². The SMILES string of the molecule is O=C(CC1CCCC1)N1CCC(N2CCC(Oc3ccccc3F)CC2)CC1. The molecule has 2 heterocycles. The number of amides is 1. The van der Waals surface area contributed by atoms with Crippen LogP contribution in [0.15, 0.2) is 24.3 Å². The van der Waals surface area contributed by atoms with E-state index in [0.717, 1.165) is 58.3 Å². The summed E-state index contributed by atoms with van der Waals surface area (Å²) in [6.45, 7) is 3.81. The molecule has 0 atom stereocenters. The second kappa shape index (κ2) is 9.25. The molecule has 1 saturated carbocycles. The molecule has 4 rings (SSSR count). The third-order valence-corrected chi connectivity index (χ3v) is 6.88. The van der Waals surface area contributed by atoms with Crippen molar-refractivity contribution in [1.82, 2.24) is 9.80 Å². The predicted molar refractivity (Wildman–Crippen MR) is 108 cm³/mol. The Morgan fingerprint density at radius 1 is 0.964 bits per heavy atom. The van der Waals surface area contributed by atoms with E-state index in [1.807, 2.05) is 6.07 Å². The first-order valence-electron chi connectivity index (χ1n) is 11.1. The molecule has 4 nitrogen and oxygen atoms in total. The van der Waals surface area contributed by atoms with Crippen molar-refractivity contribution in [3.63, 3.8) is 0 Å². The van der Waals surface area contributed by atoms with E-state index >= 15 is 0 Å². The largest absolute Gasteiger partial charge is 0.487 e. The molecule has 154 valence electrons. The predicted octanol–water partition coefficient (Wildman–Crippen LogP) is 4.24. The van der Waals surface area contributed by atoms with Crippen LogP contribution in [0, 0.1) is 11.7 Å². The molecular formula is C23H33FN2O2. The van der Waals surface area contributed by atoms with Gasteiger partial charge in [0.15, 0.2) is 11.6 Å². The fraction of sp³-hybridized carbons (Fsp3) is 0.696. The zero-order chi connectivity index (χ0) is 19.3. The lowest BCUT2D eigenvalue weighted by atomic mass is 9.97. The summed E-state index contributed by atoms with van der Waals surface area (Å²) in [7, 11) is 0. The molecular weight excluding hydrogens is 355 g/mol. The molecule has 0 aromatic heterocycles. The smallest absolute Gasteiger partial charge is 0.222 e. The molecule has 0 bridgehead atoms. The zero-order valence-corrected chi connectivity index (χ0v) is 16.8. The number of likely N-dealkylation sites (tertiary alicyclic amines) is 2. The number of rotatable bonds is 5. The van der Waals surface area contributed by atoms with Crippen molar-refractivity contribution in [2.45, 2.75) is 69.9 Å². The average molecular weight is 389 g/mol. The maximum absolute atomic E-state index is 13.8. The first-order chi connectivity index (χ1) is 13.7. The Morgan fingerprint density at radius 3 is 2.32 bits per heavy atom. The van der Waals surface area contributed by atoms with Crippen LogP contribution in [0.5, 0.6) is 5.75 Å². The first-order valence-corrected chi connectivity index (χ1v) is 11.1. The Morgan fingerprint density at radius 2 is 1.64 bits per heavy atom. The summed E-state index contributed by atoms with van der Waals surface area (Å²) in [6, 6.07) is 7.24. The standard InChI is InChI=1S/C23H33FN2O2/c24-21-7-3-4-8-22(21)28-20-11-15-25(16-12-20)19-9-13-26(14-10-19)23(27)17-18-5-1-2-6-18/h3-4,7-8,18-20H,1-2,5-6,9-17H2. The molecule has 3 fully saturated rings. The van der Waals surface area contributed by atoms with Crippen LogP contribution in [0.1, 0.15) is 57.8 Å². The molecule has 0 radical (unpaired) electrons. The van der Waals surface area contributed by atoms with Gasteiger partial charge in [0, 0.05) is 38.6 Å². The summed E-state index contributed by atoms with van der Waals surface area (Å²) in [5.74, 6) is 1.11. The first kappa shape index (κ1) is 19.7. The van der Waals surface area contributed by atoms with Crippen LogP contribution in [0.3, 0.4) is 0 Å². The van der Waals surface area contributed by atoms with Gasteiger partial charge in [0.25, 0.3) is 0 Å². The Bertz CT molecular complexity index is 646. The van der Waals surface area contributed by atoms with E-state index in [4.69, 9.17) is 4.74 Å². The average Bonchev–Trinajstić information content (AvgIpc) is 3.23. The van der Waals surface area contributed by atoms with Crippen molar-refractivity contribution in [3.05, 3.63) is 30.1 Å². The topological polar surface area (TPSA) is 32.8 Å². The lowest BCUT2D eigenvalue weighted by Gasteiger charge is -2.42. The number of carbonyl (C=O) groups is 1. The van der Waals surface area contributed by atoms with E-state index in [0.29, 0.717) is 23.6 Å². The molecule has 0 spiro atoms. The van der Waals surface area contributed by atoms with Gasteiger partial charge >= 0.3 is 0 Å². The van der Waals surface area contributed by atoms with Crippen LogP contribution >= 0.6 is 0 Å². The van der Waals surface area contributed by atoms with Crippen LogP contribution in [0.2, 0.25) is 0 Å². The van der Waals surface area contributed by atoms with Crippen LogP contribution in [0.25, 0.3) is 0 Å². The Hall–Kier alpha value is -1.62. The highest BCUT2D eigenvalue weighted by Crippen LogP contribution is 2.29. The summed E-state index contributed by atoms with van der Waals surface area (Å²) in [6.07, 6.45) is 9.99. The number of halogens is 1. The minimum atomic E-state index is -0.278. The third-order valence-electron chi connectivity index (χ3n) is 6.88. The highest BCUT2D eigenvalue weighted by atomic mass is 19.1. The monoisotopic (exact) mass is 388 g/mol. The number of nitrogens with zero attached hydrogens (tertiary/aromatic N) is 2. The number of hydrogen-bond donors (Lipinski definition) is 0. The molecule has 1 amide bonds. The molecule has 3 aliphatic rings. The molecule has 1 aromatic rings. The highest BCUT2D eigenvalue weighted by molar-refractivity contribution is 5.76. The second-order valence-electron chi connectivity index (χ2n) is 8.75. The van der Waals surface area contributed by atoms with Crippen molar-refractivity contribution >= 4 is 5.91 Å². The Labute approximate surface area is 168 Å². The van der Waals surface area contributed by atoms with Gasteiger partial charge in [-0.15, -0.1) is 0 Å². The summed E-state index contributed by atoms with van der Waals surface area (Å²) in [5, 5.41) is 0. The summed E-state index contributed by atoms with van der Waals surface area (Å²) in [5.41, 5.74) is 0. The van der Waals surface area contributed by atoms with Crippen LogP contribution in [-0.2, 0) is 4.79 Å².